The van der Waals surface area contributed by atoms with E-state index in [9.17, 15) is 18.8 Å². The maximum absolute atomic E-state index is 15.0. The molecule has 10 rings (SSSR count). The Bertz CT molecular complexity index is 1920. The van der Waals surface area contributed by atoms with Gasteiger partial charge in [0.15, 0.2) is 0 Å². The molecule has 5 aliphatic heterocycles. The van der Waals surface area contributed by atoms with Gasteiger partial charge in [0.25, 0.3) is 0 Å². The summed E-state index contributed by atoms with van der Waals surface area (Å²) in [6, 6.07) is 6.18. The zero-order valence-corrected chi connectivity index (χ0v) is 33.0. The quantitative estimate of drug-likeness (QED) is 0.292. The molecule has 1 N–H and O–H groups in total. The molecule has 3 amide bonds. The van der Waals surface area contributed by atoms with Crippen LogP contribution in [-0.2, 0) is 23.9 Å². The molecule has 2 aliphatic carbocycles. The van der Waals surface area contributed by atoms with Gasteiger partial charge >= 0.3 is 0 Å². The fourth-order valence-electron chi connectivity index (χ4n) is 10.3. The van der Waals surface area contributed by atoms with Crippen molar-refractivity contribution in [3.63, 3.8) is 0 Å². The summed E-state index contributed by atoms with van der Waals surface area (Å²) >= 11 is 1.45. The van der Waals surface area contributed by atoms with Crippen LogP contribution in [0.5, 0.6) is 0 Å². The van der Waals surface area contributed by atoms with E-state index in [-0.39, 0.29) is 40.3 Å². The number of carbonyl (C=O) groups is 3. The number of aromatic nitrogens is 2. The lowest BCUT2D eigenvalue weighted by Crippen LogP contribution is -2.65. The second-order valence-corrected chi connectivity index (χ2v) is 19.1. The number of nitrogens with one attached hydrogen (secondary N) is 1. The average Bonchev–Trinajstić information content (AvgIpc) is 3.47. The number of hydrogen-bond acceptors (Lipinski definition) is 9. The first-order valence-electron chi connectivity index (χ1n) is 20.2. The van der Waals surface area contributed by atoms with Crippen molar-refractivity contribution in [2.75, 3.05) is 57.4 Å². The monoisotopic (exact) mass is 772 g/mol. The third-order valence-electron chi connectivity index (χ3n) is 14.1. The number of rotatable bonds is 10. The van der Waals surface area contributed by atoms with Crippen LogP contribution in [0.3, 0.4) is 0 Å². The normalized spacial score (nSPS) is 29.3. The van der Waals surface area contributed by atoms with Gasteiger partial charge in [-0.05, 0) is 87.0 Å². The van der Waals surface area contributed by atoms with Crippen molar-refractivity contribution in [2.24, 2.45) is 28.1 Å². The van der Waals surface area contributed by atoms with Crippen molar-refractivity contribution >= 4 is 45.0 Å². The van der Waals surface area contributed by atoms with E-state index in [1.54, 1.807) is 5.51 Å². The van der Waals surface area contributed by atoms with E-state index in [0.29, 0.717) is 75.7 Å². The molecule has 1 spiro atoms. The molecule has 11 nitrogen and oxygen atoms in total. The molecular weight excluding hydrogens is 720 g/mol. The van der Waals surface area contributed by atoms with E-state index in [2.05, 4.69) is 34.0 Å². The van der Waals surface area contributed by atoms with Gasteiger partial charge in [-0.25, -0.2) is 9.37 Å². The molecule has 1 aromatic carbocycles. The van der Waals surface area contributed by atoms with Gasteiger partial charge in [0.2, 0.25) is 17.7 Å². The minimum atomic E-state index is -0.888. The number of anilines is 1. The number of piperidine rings is 1. The van der Waals surface area contributed by atoms with Gasteiger partial charge in [-0.3, -0.25) is 19.4 Å². The van der Waals surface area contributed by atoms with Gasteiger partial charge in [0.1, 0.15) is 11.9 Å². The van der Waals surface area contributed by atoms with Crippen LogP contribution in [-0.4, -0.2) is 108 Å². The standard InChI is InChI=1S/C42H53FN6O5S/c1-26(53-23-41-10-4-30(5-11-41)54-24-41)35(39(52)47-14-8-28(9-15-47)27-6-12-44-13-7-27)46-37(50)32-19-48(34-17-29(43)16-33-36(34)55-25-45-33)20-42(32)21-49(22-42)38(51)31-18-40(31,2)3/h6-7,12-13,16-17,25-26,28,30-32,35H,4-5,8-11,14-15,18-24H2,1-3H3,(H,46,50)/t26-,30?,31-,32?,35+,41?/m1/s1. The zero-order valence-electron chi connectivity index (χ0n) is 32.2. The SMILES string of the molecule is C[C@@H](OCC12CCC(CC1)OC2)[C@H](NC(=O)C1CN(c2cc(F)cc3ncsc23)CC12CN(C(=O)[C@H]1CC1(C)C)C2)C(=O)N1CCC(c2ccncc2)CC1. The maximum atomic E-state index is 15.0. The summed E-state index contributed by atoms with van der Waals surface area (Å²) in [5, 5.41) is 3.25. The van der Waals surface area contributed by atoms with E-state index in [0.717, 1.165) is 49.6 Å². The summed E-state index contributed by atoms with van der Waals surface area (Å²) in [6.45, 7) is 10.2. The second kappa shape index (κ2) is 14.1. The molecule has 55 heavy (non-hydrogen) atoms. The Kier molecular flexibility index (Phi) is 9.44. The Morgan fingerprint density at radius 2 is 1.76 bits per heavy atom. The fourth-order valence-corrected chi connectivity index (χ4v) is 11.1. The molecule has 2 aromatic heterocycles. The number of pyridine rings is 1. The molecule has 2 saturated carbocycles. The van der Waals surface area contributed by atoms with Crippen molar-refractivity contribution in [3.05, 3.63) is 53.6 Å². The van der Waals surface area contributed by atoms with Crippen molar-refractivity contribution in [1.29, 1.82) is 0 Å². The lowest BCUT2D eigenvalue weighted by atomic mass is 9.70. The number of halogens is 1. The molecule has 1 unspecified atom stereocenters. The van der Waals surface area contributed by atoms with Gasteiger partial charge < -0.3 is 29.5 Å². The van der Waals surface area contributed by atoms with Crippen LogP contribution in [0, 0.1) is 33.9 Å². The van der Waals surface area contributed by atoms with Crippen LogP contribution in [0.4, 0.5) is 10.1 Å². The Hall–Kier alpha value is -3.68. The Morgan fingerprint density at radius 1 is 1.04 bits per heavy atom. The summed E-state index contributed by atoms with van der Waals surface area (Å²) in [7, 11) is 0. The molecule has 2 bridgehead atoms. The highest BCUT2D eigenvalue weighted by molar-refractivity contribution is 7.17. The van der Waals surface area contributed by atoms with E-state index in [4.69, 9.17) is 9.47 Å². The summed E-state index contributed by atoms with van der Waals surface area (Å²) in [4.78, 5) is 57.4. The largest absolute Gasteiger partial charge is 0.378 e. The number of fused-ring (bicyclic) bond motifs is 4. The molecule has 13 heteroatoms. The molecule has 7 aliphatic rings. The third-order valence-corrected chi connectivity index (χ3v) is 15.0. The molecular formula is C42H53FN6O5S. The number of thiazole rings is 1. The van der Waals surface area contributed by atoms with Gasteiger partial charge in [-0.2, -0.15) is 0 Å². The number of hydrogen-bond donors (Lipinski definition) is 1. The number of amides is 3. The van der Waals surface area contributed by atoms with Crippen LogP contribution in [0.1, 0.15) is 77.2 Å². The number of carbonyl (C=O) groups excluding carboxylic acids is 3. The van der Waals surface area contributed by atoms with E-state index in [1.165, 1.54) is 29.0 Å². The van der Waals surface area contributed by atoms with Crippen LogP contribution >= 0.6 is 11.3 Å². The van der Waals surface area contributed by atoms with Gasteiger partial charge in [0.05, 0.1) is 52.8 Å². The molecule has 7 fully saturated rings. The minimum absolute atomic E-state index is 0.00134. The highest BCUT2D eigenvalue weighted by atomic mass is 32.1. The Balaban J connectivity index is 0.963. The molecule has 7 heterocycles. The summed E-state index contributed by atoms with van der Waals surface area (Å²) in [5.74, 6) is -0.768. The first-order valence-corrected chi connectivity index (χ1v) is 21.1. The molecule has 294 valence electrons. The molecule has 0 radical (unpaired) electrons. The van der Waals surface area contributed by atoms with E-state index < -0.39 is 23.5 Å². The maximum Gasteiger partial charge on any atom is 0.247 e. The fraction of sp³-hybridized carbons (Fsp3) is 0.643. The summed E-state index contributed by atoms with van der Waals surface area (Å²) in [6.07, 6.45) is 10.1. The van der Waals surface area contributed by atoms with Crippen LogP contribution in [0.15, 0.2) is 42.2 Å². The predicted molar refractivity (Wildman–Crippen MR) is 207 cm³/mol. The number of nitrogens with zero attached hydrogens (tertiary/aromatic N) is 5. The lowest BCUT2D eigenvalue weighted by molar-refractivity contribution is -0.159. The van der Waals surface area contributed by atoms with Gasteiger partial charge in [0, 0.05) is 74.5 Å². The number of likely N-dealkylation sites (tertiary alicyclic amines) is 2. The minimum Gasteiger partial charge on any atom is -0.378 e. The smallest absolute Gasteiger partial charge is 0.247 e. The number of benzene rings is 1. The Morgan fingerprint density at radius 3 is 2.44 bits per heavy atom. The highest BCUT2D eigenvalue weighted by Gasteiger charge is 2.62. The molecule has 3 aromatic rings. The second-order valence-electron chi connectivity index (χ2n) is 18.3. The van der Waals surface area contributed by atoms with E-state index in [1.807, 2.05) is 41.2 Å². The summed E-state index contributed by atoms with van der Waals surface area (Å²) < 4.78 is 28.5. The average molecular weight is 773 g/mol. The Labute approximate surface area is 326 Å². The van der Waals surface area contributed by atoms with Gasteiger partial charge in [-0.1, -0.05) is 13.8 Å². The van der Waals surface area contributed by atoms with Crippen LogP contribution in [0.25, 0.3) is 10.2 Å². The van der Waals surface area contributed by atoms with Gasteiger partial charge in [-0.15, -0.1) is 11.3 Å². The first kappa shape index (κ1) is 36.9. The van der Waals surface area contributed by atoms with E-state index >= 15 is 0 Å². The van der Waals surface area contributed by atoms with Crippen molar-refractivity contribution in [1.82, 2.24) is 25.1 Å². The van der Waals surface area contributed by atoms with Crippen molar-refractivity contribution in [2.45, 2.75) is 89.9 Å². The first-order chi connectivity index (χ1) is 26.4. The lowest BCUT2D eigenvalue weighted by Gasteiger charge is -2.51. The van der Waals surface area contributed by atoms with Crippen molar-refractivity contribution < 1.29 is 28.2 Å². The summed E-state index contributed by atoms with van der Waals surface area (Å²) in [5.41, 5.74) is 3.64. The van der Waals surface area contributed by atoms with Crippen LogP contribution < -0.4 is 10.2 Å². The third kappa shape index (κ3) is 6.92. The van der Waals surface area contributed by atoms with Crippen LogP contribution in [0.2, 0.25) is 0 Å². The predicted octanol–water partition coefficient (Wildman–Crippen LogP) is 5.40. The molecule has 4 atom stereocenters. The highest BCUT2D eigenvalue weighted by Crippen LogP contribution is 2.55. The molecule has 5 saturated heterocycles. The topological polar surface area (TPSA) is 117 Å². The zero-order chi connectivity index (χ0) is 38.1. The van der Waals surface area contributed by atoms with Crippen molar-refractivity contribution in [3.8, 4) is 0 Å². The number of ether oxygens (including phenoxy) is 2.